The number of hydrogen-bond acceptors (Lipinski definition) is 4. The Morgan fingerprint density at radius 2 is 1.95 bits per heavy atom. The van der Waals surface area contributed by atoms with Gasteiger partial charge in [-0.05, 0) is 51.5 Å². The monoisotopic (exact) mass is 277 g/mol. The van der Waals surface area contributed by atoms with Crippen molar-refractivity contribution >= 4 is 5.69 Å². The average Bonchev–Trinajstić information content (AvgIpc) is 2.96. The number of benzene rings is 1. The second kappa shape index (κ2) is 8.12. The number of likely N-dealkylation sites (N-methyl/N-ethyl adjacent to an activating group) is 1. The van der Waals surface area contributed by atoms with Gasteiger partial charge >= 0.3 is 0 Å². The van der Waals surface area contributed by atoms with Gasteiger partial charge in [0.05, 0.1) is 12.3 Å². The molecule has 0 atom stereocenters. The molecule has 1 aliphatic rings. The van der Waals surface area contributed by atoms with Crippen molar-refractivity contribution in [3.63, 3.8) is 0 Å². The number of para-hydroxylation sites is 2. The van der Waals surface area contributed by atoms with Crippen LogP contribution >= 0.6 is 0 Å². The molecule has 0 aromatic heterocycles. The highest BCUT2D eigenvalue weighted by Crippen LogP contribution is 2.19. The number of anilines is 1. The van der Waals surface area contributed by atoms with Gasteiger partial charge in [-0.3, -0.25) is 0 Å². The predicted molar refractivity (Wildman–Crippen MR) is 84.1 cm³/mol. The Balaban J connectivity index is 1.55. The Morgan fingerprint density at radius 1 is 1.20 bits per heavy atom. The van der Waals surface area contributed by atoms with Crippen molar-refractivity contribution in [3.05, 3.63) is 24.3 Å². The number of hydrogen-bond donors (Lipinski definition) is 1. The smallest absolute Gasteiger partial charge is 0.142 e. The van der Waals surface area contributed by atoms with E-state index in [0.29, 0.717) is 0 Å². The molecular weight excluding hydrogens is 250 g/mol. The van der Waals surface area contributed by atoms with Gasteiger partial charge in [-0.15, -0.1) is 0 Å². The summed E-state index contributed by atoms with van der Waals surface area (Å²) < 4.78 is 5.70. The second-order valence-electron chi connectivity index (χ2n) is 5.59. The fourth-order valence-electron chi connectivity index (χ4n) is 2.56. The lowest BCUT2D eigenvalue weighted by Gasteiger charge is -2.21. The summed E-state index contributed by atoms with van der Waals surface area (Å²) in [7, 11) is 2.19. The number of rotatable bonds is 8. The van der Waals surface area contributed by atoms with Gasteiger partial charge in [0.1, 0.15) is 5.75 Å². The van der Waals surface area contributed by atoms with E-state index in [2.05, 4.69) is 16.8 Å². The molecule has 0 saturated carbocycles. The van der Waals surface area contributed by atoms with Crippen LogP contribution in [0.15, 0.2) is 24.3 Å². The van der Waals surface area contributed by atoms with Crippen LogP contribution in [0.2, 0.25) is 0 Å². The Morgan fingerprint density at radius 3 is 2.70 bits per heavy atom. The molecule has 1 fully saturated rings. The van der Waals surface area contributed by atoms with E-state index in [9.17, 15) is 0 Å². The van der Waals surface area contributed by atoms with Crippen LogP contribution < -0.4 is 10.5 Å². The number of nitrogens with two attached hydrogens (primary N) is 1. The van der Waals surface area contributed by atoms with Crippen LogP contribution in [-0.2, 0) is 0 Å². The van der Waals surface area contributed by atoms with Crippen LogP contribution in [0, 0.1) is 0 Å². The molecule has 0 spiro atoms. The zero-order valence-corrected chi connectivity index (χ0v) is 12.6. The van der Waals surface area contributed by atoms with E-state index in [0.717, 1.165) is 37.6 Å². The van der Waals surface area contributed by atoms with Crippen molar-refractivity contribution in [3.8, 4) is 5.75 Å². The predicted octanol–water partition coefficient (Wildman–Crippen LogP) is 2.07. The maximum absolute atomic E-state index is 5.84. The first kappa shape index (κ1) is 15.1. The molecule has 0 aliphatic carbocycles. The first-order valence-electron chi connectivity index (χ1n) is 7.64. The Hall–Kier alpha value is -1.26. The van der Waals surface area contributed by atoms with Gasteiger partial charge in [0.2, 0.25) is 0 Å². The van der Waals surface area contributed by atoms with E-state index >= 15 is 0 Å². The van der Waals surface area contributed by atoms with Gasteiger partial charge in [0, 0.05) is 19.6 Å². The summed E-state index contributed by atoms with van der Waals surface area (Å²) in [6.45, 7) is 6.70. The highest BCUT2D eigenvalue weighted by atomic mass is 16.5. The number of likely N-dealkylation sites (tertiary alicyclic amines) is 1. The highest BCUT2D eigenvalue weighted by molar-refractivity contribution is 5.51. The molecular formula is C16H27N3O. The summed E-state index contributed by atoms with van der Waals surface area (Å²) in [4.78, 5) is 4.94. The normalized spacial score (nSPS) is 15.9. The summed E-state index contributed by atoms with van der Waals surface area (Å²) in [5.74, 6) is 0.798. The number of ether oxygens (including phenoxy) is 1. The van der Waals surface area contributed by atoms with E-state index in [1.165, 1.54) is 32.5 Å². The molecule has 1 saturated heterocycles. The van der Waals surface area contributed by atoms with Crippen molar-refractivity contribution in [2.24, 2.45) is 0 Å². The Kier molecular flexibility index (Phi) is 6.15. The summed E-state index contributed by atoms with van der Waals surface area (Å²) in [5.41, 5.74) is 6.56. The summed E-state index contributed by atoms with van der Waals surface area (Å²) in [6, 6.07) is 7.67. The second-order valence-corrected chi connectivity index (χ2v) is 5.59. The Bertz CT molecular complexity index is 391. The van der Waals surface area contributed by atoms with Crippen LogP contribution in [-0.4, -0.2) is 56.2 Å². The maximum Gasteiger partial charge on any atom is 0.142 e. The molecule has 20 heavy (non-hydrogen) atoms. The van der Waals surface area contributed by atoms with Gasteiger partial charge < -0.3 is 20.3 Å². The van der Waals surface area contributed by atoms with Crippen molar-refractivity contribution in [1.29, 1.82) is 0 Å². The molecule has 4 heteroatoms. The molecule has 4 nitrogen and oxygen atoms in total. The third-order valence-corrected chi connectivity index (χ3v) is 3.86. The minimum atomic E-state index is 0.717. The fraction of sp³-hybridized carbons (Fsp3) is 0.625. The van der Waals surface area contributed by atoms with Crippen molar-refractivity contribution in [1.82, 2.24) is 9.80 Å². The van der Waals surface area contributed by atoms with Crippen molar-refractivity contribution in [2.45, 2.75) is 19.3 Å². The number of nitrogens with zero attached hydrogens (tertiary/aromatic N) is 2. The first-order chi connectivity index (χ1) is 9.75. The van der Waals surface area contributed by atoms with Crippen LogP contribution in [0.25, 0.3) is 0 Å². The standard InChI is InChI=1S/C16H27N3O/c1-18(12-13-19-10-4-5-11-19)9-6-14-20-16-8-3-2-7-15(16)17/h2-3,7-8H,4-6,9-14,17H2,1H3. The zero-order chi connectivity index (χ0) is 14.2. The molecule has 2 rings (SSSR count). The lowest BCUT2D eigenvalue weighted by atomic mass is 10.3. The minimum absolute atomic E-state index is 0.717. The van der Waals surface area contributed by atoms with E-state index in [4.69, 9.17) is 10.5 Å². The molecule has 0 unspecified atom stereocenters. The van der Waals surface area contributed by atoms with Gasteiger partial charge in [-0.1, -0.05) is 12.1 Å². The molecule has 0 bridgehead atoms. The molecule has 2 N–H and O–H groups in total. The van der Waals surface area contributed by atoms with E-state index < -0.39 is 0 Å². The zero-order valence-electron chi connectivity index (χ0n) is 12.6. The molecule has 1 aromatic rings. The van der Waals surface area contributed by atoms with Gasteiger partial charge in [-0.2, -0.15) is 0 Å². The lowest BCUT2D eigenvalue weighted by Crippen LogP contribution is -2.32. The SMILES string of the molecule is CN(CCCOc1ccccc1N)CCN1CCCC1. The third kappa shape index (κ3) is 5.02. The largest absolute Gasteiger partial charge is 0.491 e. The highest BCUT2D eigenvalue weighted by Gasteiger charge is 2.11. The van der Waals surface area contributed by atoms with E-state index in [-0.39, 0.29) is 0 Å². The van der Waals surface area contributed by atoms with Crippen LogP contribution in [0.5, 0.6) is 5.75 Å². The lowest BCUT2D eigenvalue weighted by molar-refractivity contribution is 0.233. The molecule has 0 amide bonds. The molecule has 1 aliphatic heterocycles. The van der Waals surface area contributed by atoms with Crippen molar-refractivity contribution < 1.29 is 4.74 Å². The van der Waals surface area contributed by atoms with Crippen LogP contribution in [0.1, 0.15) is 19.3 Å². The minimum Gasteiger partial charge on any atom is -0.491 e. The van der Waals surface area contributed by atoms with E-state index in [1.807, 2.05) is 24.3 Å². The topological polar surface area (TPSA) is 41.7 Å². The van der Waals surface area contributed by atoms with Gasteiger partial charge in [0.15, 0.2) is 0 Å². The quantitative estimate of drug-likeness (QED) is 0.583. The molecule has 112 valence electrons. The molecule has 1 aromatic carbocycles. The van der Waals surface area contributed by atoms with Crippen LogP contribution in [0.4, 0.5) is 5.69 Å². The van der Waals surface area contributed by atoms with Crippen LogP contribution in [0.3, 0.4) is 0 Å². The number of nitrogen functional groups attached to an aromatic ring is 1. The first-order valence-corrected chi connectivity index (χ1v) is 7.64. The maximum atomic E-state index is 5.84. The molecule has 0 radical (unpaired) electrons. The summed E-state index contributed by atoms with van der Waals surface area (Å²) in [5, 5.41) is 0. The summed E-state index contributed by atoms with van der Waals surface area (Å²) in [6.07, 6.45) is 3.77. The summed E-state index contributed by atoms with van der Waals surface area (Å²) >= 11 is 0. The third-order valence-electron chi connectivity index (χ3n) is 3.86. The van der Waals surface area contributed by atoms with Crippen molar-refractivity contribution in [2.75, 3.05) is 52.1 Å². The molecule has 1 heterocycles. The van der Waals surface area contributed by atoms with E-state index in [1.54, 1.807) is 0 Å². The Labute approximate surface area is 122 Å². The average molecular weight is 277 g/mol. The fourth-order valence-corrected chi connectivity index (χ4v) is 2.56. The van der Waals surface area contributed by atoms with Gasteiger partial charge in [-0.25, -0.2) is 0 Å². The van der Waals surface area contributed by atoms with Gasteiger partial charge in [0.25, 0.3) is 0 Å².